The zero-order valence-electron chi connectivity index (χ0n) is 24.1. The van der Waals surface area contributed by atoms with Crippen LogP contribution in [0.4, 0.5) is 10.3 Å². The van der Waals surface area contributed by atoms with E-state index in [-0.39, 0.29) is 37.5 Å². The predicted octanol–water partition coefficient (Wildman–Crippen LogP) is 5.08. The molecule has 2 unspecified atom stereocenters. The van der Waals surface area contributed by atoms with E-state index in [0.717, 1.165) is 21.5 Å². The first-order valence-corrected chi connectivity index (χ1v) is 16.9. The van der Waals surface area contributed by atoms with Gasteiger partial charge in [0.2, 0.25) is 22.1 Å². The SMILES string of the molecule is O=C(CCC(C(=O)O)c1ccccc1)Nc1nnc(CCSCCc2nnc(NC(=O)CCC(C(=O)O)c3ccccc3)s2)s1. The molecule has 45 heavy (non-hydrogen) atoms. The minimum Gasteiger partial charge on any atom is -0.481 e. The van der Waals surface area contributed by atoms with Crippen LogP contribution in [0.25, 0.3) is 0 Å². The molecule has 15 heteroatoms. The second-order valence-electron chi connectivity index (χ2n) is 9.89. The van der Waals surface area contributed by atoms with Crippen LogP contribution < -0.4 is 10.6 Å². The number of thioether (sulfide) groups is 1. The van der Waals surface area contributed by atoms with Gasteiger partial charge in [0.25, 0.3) is 0 Å². The largest absolute Gasteiger partial charge is 0.481 e. The summed E-state index contributed by atoms with van der Waals surface area (Å²) in [6.45, 7) is 0. The third kappa shape index (κ3) is 11.0. The number of benzene rings is 2. The number of anilines is 2. The zero-order chi connectivity index (χ0) is 32.0. The molecule has 0 saturated carbocycles. The molecule has 2 atom stereocenters. The molecule has 0 saturated heterocycles. The van der Waals surface area contributed by atoms with Crippen molar-refractivity contribution in [3.8, 4) is 0 Å². The topological polar surface area (TPSA) is 184 Å². The van der Waals surface area contributed by atoms with Crippen molar-refractivity contribution in [3.05, 3.63) is 81.8 Å². The highest BCUT2D eigenvalue weighted by atomic mass is 32.2. The van der Waals surface area contributed by atoms with Gasteiger partial charge in [-0.2, -0.15) is 11.8 Å². The molecule has 0 aliphatic rings. The number of hydrogen-bond donors (Lipinski definition) is 4. The smallest absolute Gasteiger partial charge is 0.310 e. The van der Waals surface area contributed by atoms with Crippen LogP contribution in [0.3, 0.4) is 0 Å². The van der Waals surface area contributed by atoms with Gasteiger partial charge < -0.3 is 20.8 Å². The molecule has 0 aliphatic carbocycles. The molecule has 12 nitrogen and oxygen atoms in total. The average molecular weight is 669 g/mol. The van der Waals surface area contributed by atoms with Crippen molar-refractivity contribution in [2.24, 2.45) is 0 Å². The number of carboxylic acids is 2. The average Bonchev–Trinajstić information content (AvgIpc) is 3.67. The monoisotopic (exact) mass is 668 g/mol. The molecule has 0 bridgehead atoms. The standard InChI is InChI=1S/C30H32N6O6S3/c37-23(13-11-21(27(39)40)19-7-3-1-4-8-19)31-29-35-33-25(44-29)15-17-43-18-16-26-34-36-30(45-26)32-24(38)14-12-22(28(41)42)20-9-5-2-6-10-20/h1-10,21-22H,11-18H2,(H,39,40)(H,41,42)(H,31,35,37)(H,32,36,38). The fraction of sp³-hybridized carbons (Fsp3) is 0.333. The van der Waals surface area contributed by atoms with E-state index in [2.05, 4.69) is 31.0 Å². The van der Waals surface area contributed by atoms with E-state index >= 15 is 0 Å². The molecule has 2 heterocycles. The fourth-order valence-corrected chi connectivity index (χ4v) is 7.03. The summed E-state index contributed by atoms with van der Waals surface area (Å²) in [5.41, 5.74) is 1.32. The molecule has 0 aliphatic heterocycles. The Hall–Kier alpha value is -4.21. The van der Waals surface area contributed by atoms with Gasteiger partial charge in [-0.05, 0) is 35.5 Å². The van der Waals surface area contributed by atoms with Crippen molar-refractivity contribution in [2.45, 2.75) is 50.4 Å². The second kappa shape index (κ2) is 17.3. The molecule has 4 N–H and O–H groups in total. The molecule has 4 rings (SSSR count). The Bertz CT molecular complexity index is 1450. The Morgan fingerprint density at radius 2 is 1.04 bits per heavy atom. The maximum atomic E-state index is 12.4. The first kappa shape index (κ1) is 33.7. The van der Waals surface area contributed by atoms with Gasteiger partial charge in [-0.3, -0.25) is 19.2 Å². The fourth-order valence-electron chi connectivity index (χ4n) is 4.38. The van der Waals surface area contributed by atoms with E-state index in [0.29, 0.717) is 34.2 Å². The van der Waals surface area contributed by atoms with Gasteiger partial charge in [-0.1, -0.05) is 83.3 Å². The number of carboxylic acid groups (broad SMARTS) is 2. The highest BCUT2D eigenvalue weighted by Gasteiger charge is 2.22. The number of aliphatic carboxylic acids is 2. The summed E-state index contributed by atoms with van der Waals surface area (Å²) < 4.78 is 0. The number of amides is 2. The van der Waals surface area contributed by atoms with E-state index in [9.17, 15) is 29.4 Å². The van der Waals surface area contributed by atoms with Crippen molar-refractivity contribution in [2.75, 3.05) is 22.1 Å². The van der Waals surface area contributed by atoms with Crippen LogP contribution in [0.15, 0.2) is 60.7 Å². The Morgan fingerprint density at radius 1 is 0.644 bits per heavy atom. The third-order valence-electron chi connectivity index (χ3n) is 6.67. The highest BCUT2D eigenvalue weighted by Crippen LogP contribution is 2.25. The normalized spacial score (nSPS) is 12.3. The summed E-state index contributed by atoms with van der Waals surface area (Å²) >= 11 is 4.29. The number of aromatic nitrogens is 4. The summed E-state index contributed by atoms with van der Waals surface area (Å²) in [6.07, 6.45) is 1.80. The first-order valence-electron chi connectivity index (χ1n) is 14.2. The molecule has 2 aromatic carbocycles. The van der Waals surface area contributed by atoms with Gasteiger partial charge in [-0.25, -0.2) is 0 Å². The summed E-state index contributed by atoms with van der Waals surface area (Å²) in [4.78, 5) is 48.1. The van der Waals surface area contributed by atoms with E-state index in [4.69, 9.17) is 0 Å². The Kier molecular flexibility index (Phi) is 13.0. The number of nitrogens with one attached hydrogen (secondary N) is 2. The number of hydrogen-bond acceptors (Lipinski definition) is 11. The molecule has 2 aromatic heterocycles. The van der Waals surface area contributed by atoms with Crippen molar-refractivity contribution in [1.29, 1.82) is 0 Å². The molecular weight excluding hydrogens is 637 g/mol. The van der Waals surface area contributed by atoms with Gasteiger partial charge in [0, 0.05) is 25.7 Å². The Morgan fingerprint density at radius 3 is 1.42 bits per heavy atom. The lowest BCUT2D eigenvalue weighted by molar-refractivity contribution is -0.140. The van der Waals surface area contributed by atoms with Crippen LogP contribution in [0.5, 0.6) is 0 Å². The van der Waals surface area contributed by atoms with Crippen LogP contribution in [-0.2, 0) is 32.0 Å². The molecule has 0 fully saturated rings. The summed E-state index contributed by atoms with van der Waals surface area (Å²) in [5, 5.41) is 43.1. The highest BCUT2D eigenvalue weighted by molar-refractivity contribution is 7.99. The van der Waals surface area contributed by atoms with Crippen LogP contribution in [0.2, 0.25) is 0 Å². The van der Waals surface area contributed by atoms with Crippen molar-refractivity contribution in [1.82, 2.24) is 20.4 Å². The van der Waals surface area contributed by atoms with E-state index in [1.165, 1.54) is 22.7 Å². The summed E-state index contributed by atoms with van der Waals surface area (Å²) in [6, 6.07) is 17.7. The molecule has 0 radical (unpaired) electrons. The van der Waals surface area contributed by atoms with Gasteiger partial charge >= 0.3 is 11.9 Å². The van der Waals surface area contributed by atoms with Gasteiger partial charge in [-0.15, -0.1) is 20.4 Å². The number of aryl methyl sites for hydroxylation is 2. The molecular formula is C30H32N6O6S3. The Balaban J connectivity index is 1.11. The maximum absolute atomic E-state index is 12.4. The lowest BCUT2D eigenvalue weighted by Gasteiger charge is -2.12. The minimum absolute atomic E-state index is 0.0487. The van der Waals surface area contributed by atoms with Crippen LogP contribution >= 0.6 is 34.4 Å². The lowest BCUT2D eigenvalue weighted by Crippen LogP contribution is -2.17. The number of carbonyl (C=O) groups excluding carboxylic acids is 2. The quantitative estimate of drug-likeness (QED) is 0.104. The van der Waals surface area contributed by atoms with E-state index < -0.39 is 23.8 Å². The second-order valence-corrected chi connectivity index (χ2v) is 13.2. The van der Waals surface area contributed by atoms with Crippen LogP contribution in [0, 0.1) is 0 Å². The molecule has 236 valence electrons. The maximum Gasteiger partial charge on any atom is 0.310 e. The number of nitrogens with zero attached hydrogens (tertiary/aromatic N) is 4. The van der Waals surface area contributed by atoms with E-state index in [1.807, 2.05) is 12.1 Å². The van der Waals surface area contributed by atoms with E-state index in [1.54, 1.807) is 60.3 Å². The minimum atomic E-state index is -0.967. The van der Waals surface area contributed by atoms with Crippen molar-refractivity contribution >= 4 is 68.5 Å². The van der Waals surface area contributed by atoms with Crippen LogP contribution in [0.1, 0.15) is 58.7 Å². The predicted molar refractivity (Wildman–Crippen MR) is 174 cm³/mol. The van der Waals surface area contributed by atoms with Gasteiger partial charge in [0.05, 0.1) is 11.8 Å². The number of rotatable bonds is 18. The third-order valence-corrected chi connectivity index (χ3v) is 9.45. The van der Waals surface area contributed by atoms with Gasteiger partial charge in [0.1, 0.15) is 10.0 Å². The zero-order valence-corrected chi connectivity index (χ0v) is 26.6. The Labute approximate surface area is 271 Å². The first-order chi connectivity index (χ1) is 21.8. The van der Waals surface area contributed by atoms with Crippen molar-refractivity contribution < 1.29 is 29.4 Å². The molecule has 4 aromatic rings. The van der Waals surface area contributed by atoms with Gasteiger partial charge in [0.15, 0.2) is 0 Å². The van der Waals surface area contributed by atoms with Crippen LogP contribution in [-0.4, -0.2) is 65.9 Å². The van der Waals surface area contributed by atoms with Crippen molar-refractivity contribution in [3.63, 3.8) is 0 Å². The summed E-state index contributed by atoms with van der Waals surface area (Å²) in [5.74, 6) is -2.49. The molecule has 2 amide bonds. The number of carbonyl (C=O) groups is 4. The molecule has 0 spiro atoms. The lowest BCUT2D eigenvalue weighted by atomic mass is 9.94. The summed E-state index contributed by atoms with van der Waals surface area (Å²) in [7, 11) is 0.